The number of aliphatic imine (C=N–C) groups is 1. The number of benzene rings is 3. The molecule has 3 aromatic rings. The minimum Gasteiger partial charge on any atom is -0.354 e. The molecule has 2 heterocycles. The van der Waals surface area contributed by atoms with Crippen LogP contribution < -0.4 is 10.6 Å². The Morgan fingerprint density at radius 3 is 2.69 bits per heavy atom. The second-order valence-corrected chi connectivity index (χ2v) is 7.48. The molecule has 0 aliphatic carbocycles. The van der Waals surface area contributed by atoms with Gasteiger partial charge in [-0.05, 0) is 53.1 Å². The number of nitrogens with one attached hydrogen (secondary N) is 2. The SMILES string of the molecule is C1=CN(CCc2ccc3ccccc3c2)C2NC(Nc3ccccc3)=NC=C2C1. The average molecular weight is 380 g/mol. The molecule has 0 bridgehead atoms. The summed E-state index contributed by atoms with van der Waals surface area (Å²) in [7, 11) is 0. The summed E-state index contributed by atoms with van der Waals surface area (Å²) < 4.78 is 0. The molecule has 0 amide bonds. The number of hydrogen-bond acceptors (Lipinski definition) is 4. The predicted molar refractivity (Wildman–Crippen MR) is 121 cm³/mol. The number of hydrogen-bond donors (Lipinski definition) is 2. The first kappa shape index (κ1) is 17.6. The Morgan fingerprint density at radius 1 is 0.966 bits per heavy atom. The van der Waals surface area contributed by atoms with Gasteiger partial charge >= 0.3 is 0 Å². The number of nitrogens with zero attached hydrogens (tertiary/aromatic N) is 2. The molecule has 3 aromatic carbocycles. The zero-order chi connectivity index (χ0) is 19.5. The van der Waals surface area contributed by atoms with Crippen molar-refractivity contribution >= 4 is 22.4 Å². The smallest absolute Gasteiger partial charge is 0.202 e. The number of anilines is 1. The van der Waals surface area contributed by atoms with E-state index in [2.05, 4.69) is 75.3 Å². The van der Waals surface area contributed by atoms with E-state index in [1.165, 1.54) is 21.9 Å². The molecular weight excluding hydrogens is 356 g/mol. The van der Waals surface area contributed by atoms with Crippen LogP contribution in [-0.2, 0) is 6.42 Å². The monoisotopic (exact) mass is 380 g/mol. The lowest BCUT2D eigenvalue weighted by atomic mass is 10.0. The quantitative estimate of drug-likeness (QED) is 0.677. The minimum absolute atomic E-state index is 0.143. The van der Waals surface area contributed by atoms with Crippen LogP contribution in [0.2, 0.25) is 0 Å². The molecule has 1 unspecified atom stereocenters. The fraction of sp³-hybridized carbons (Fsp3) is 0.160. The summed E-state index contributed by atoms with van der Waals surface area (Å²) in [5.41, 5.74) is 3.69. The molecular formula is C25H24N4. The van der Waals surface area contributed by atoms with Crippen molar-refractivity contribution in [1.82, 2.24) is 10.2 Å². The molecule has 0 spiro atoms. The van der Waals surface area contributed by atoms with Crippen LogP contribution in [0.1, 0.15) is 12.0 Å². The van der Waals surface area contributed by atoms with E-state index in [-0.39, 0.29) is 6.17 Å². The van der Waals surface area contributed by atoms with E-state index in [1.54, 1.807) is 0 Å². The Bertz CT molecular complexity index is 1100. The van der Waals surface area contributed by atoms with Crippen molar-refractivity contribution in [3.63, 3.8) is 0 Å². The summed E-state index contributed by atoms with van der Waals surface area (Å²) in [6, 6.07) is 25.4. The highest BCUT2D eigenvalue weighted by Crippen LogP contribution is 2.23. The Morgan fingerprint density at radius 2 is 1.79 bits per heavy atom. The van der Waals surface area contributed by atoms with Gasteiger partial charge in [0.2, 0.25) is 5.96 Å². The lowest BCUT2D eigenvalue weighted by Crippen LogP contribution is -2.52. The van der Waals surface area contributed by atoms with Gasteiger partial charge in [-0.2, -0.15) is 0 Å². The van der Waals surface area contributed by atoms with Crippen molar-refractivity contribution in [1.29, 1.82) is 0 Å². The maximum atomic E-state index is 4.57. The van der Waals surface area contributed by atoms with Crippen LogP contribution in [-0.4, -0.2) is 23.6 Å². The third-order valence-electron chi connectivity index (χ3n) is 5.48. The zero-order valence-electron chi connectivity index (χ0n) is 16.3. The van der Waals surface area contributed by atoms with Crippen molar-refractivity contribution in [3.05, 3.63) is 102 Å². The summed E-state index contributed by atoms with van der Waals surface area (Å²) in [6.07, 6.45) is 8.51. The van der Waals surface area contributed by atoms with E-state index in [0.717, 1.165) is 31.0 Å². The van der Waals surface area contributed by atoms with Gasteiger partial charge in [-0.25, -0.2) is 4.99 Å². The number of fused-ring (bicyclic) bond motifs is 2. The van der Waals surface area contributed by atoms with Crippen LogP contribution in [0.5, 0.6) is 0 Å². The molecule has 144 valence electrons. The molecule has 4 heteroatoms. The Hall–Kier alpha value is -3.53. The van der Waals surface area contributed by atoms with E-state index in [9.17, 15) is 0 Å². The second kappa shape index (κ2) is 7.84. The largest absolute Gasteiger partial charge is 0.354 e. The first-order valence-corrected chi connectivity index (χ1v) is 10.1. The molecule has 0 aromatic heterocycles. The second-order valence-electron chi connectivity index (χ2n) is 7.48. The fourth-order valence-corrected chi connectivity index (χ4v) is 3.93. The molecule has 1 atom stereocenters. The number of allylic oxidation sites excluding steroid dienone is 1. The van der Waals surface area contributed by atoms with Crippen molar-refractivity contribution in [2.75, 3.05) is 11.9 Å². The summed E-state index contributed by atoms with van der Waals surface area (Å²) in [6.45, 7) is 0.947. The summed E-state index contributed by atoms with van der Waals surface area (Å²) in [4.78, 5) is 6.93. The van der Waals surface area contributed by atoms with Gasteiger partial charge < -0.3 is 15.5 Å². The van der Waals surface area contributed by atoms with Gasteiger partial charge in [0.05, 0.1) is 0 Å². The maximum absolute atomic E-state index is 4.57. The van der Waals surface area contributed by atoms with E-state index >= 15 is 0 Å². The van der Waals surface area contributed by atoms with Crippen molar-refractivity contribution in [2.45, 2.75) is 19.0 Å². The van der Waals surface area contributed by atoms with Gasteiger partial charge in [-0.15, -0.1) is 0 Å². The van der Waals surface area contributed by atoms with Crippen LogP contribution in [0.4, 0.5) is 5.69 Å². The standard InChI is InChI=1S/C25H24N4/c1-2-10-23(11-3-1)27-25-26-18-22-9-6-15-29(24(22)28-25)16-14-19-12-13-20-7-4-5-8-21(20)17-19/h1-8,10-13,15,17-18,24H,9,14,16H2,(H2,26,27,28). The Kier molecular flexibility index (Phi) is 4.75. The van der Waals surface area contributed by atoms with E-state index < -0.39 is 0 Å². The molecule has 29 heavy (non-hydrogen) atoms. The van der Waals surface area contributed by atoms with Gasteiger partial charge in [0.1, 0.15) is 6.17 Å². The maximum Gasteiger partial charge on any atom is 0.202 e. The molecule has 0 saturated carbocycles. The predicted octanol–water partition coefficient (Wildman–Crippen LogP) is 4.88. The first-order chi connectivity index (χ1) is 14.3. The van der Waals surface area contributed by atoms with Crippen molar-refractivity contribution in [3.8, 4) is 0 Å². The highest BCUT2D eigenvalue weighted by atomic mass is 15.3. The lowest BCUT2D eigenvalue weighted by molar-refractivity contribution is 0.280. The minimum atomic E-state index is 0.143. The van der Waals surface area contributed by atoms with Gasteiger partial charge in [0.15, 0.2) is 0 Å². The topological polar surface area (TPSA) is 39.7 Å². The van der Waals surface area contributed by atoms with E-state index in [4.69, 9.17) is 0 Å². The van der Waals surface area contributed by atoms with Crippen LogP contribution >= 0.6 is 0 Å². The van der Waals surface area contributed by atoms with Gasteiger partial charge in [0, 0.05) is 18.4 Å². The Balaban J connectivity index is 1.28. The zero-order valence-corrected chi connectivity index (χ0v) is 16.3. The number of rotatable bonds is 4. The summed E-state index contributed by atoms with van der Waals surface area (Å²) in [5, 5.41) is 9.53. The number of para-hydroxylation sites is 1. The normalized spacial score (nSPS) is 17.9. The third-order valence-corrected chi connectivity index (χ3v) is 5.48. The lowest BCUT2D eigenvalue weighted by Gasteiger charge is -2.38. The Labute approximate surface area is 171 Å². The highest BCUT2D eigenvalue weighted by Gasteiger charge is 2.26. The molecule has 0 saturated heterocycles. The van der Waals surface area contributed by atoms with Crippen LogP contribution in [0.25, 0.3) is 10.8 Å². The fourth-order valence-electron chi connectivity index (χ4n) is 3.93. The molecule has 0 fully saturated rings. The van der Waals surface area contributed by atoms with Crippen LogP contribution in [0.15, 0.2) is 102 Å². The van der Waals surface area contributed by atoms with Crippen molar-refractivity contribution in [2.24, 2.45) is 4.99 Å². The first-order valence-electron chi connectivity index (χ1n) is 10.1. The highest BCUT2D eigenvalue weighted by molar-refractivity contribution is 5.95. The molecule has 2 N–H and O–H groups in total. The van der Waals surface area contributed by atoms with Gasteiger partial charge in [0.25, 0.3) is 0 Å². The summed E-state index contributed by atoms with van der Waals surface area (Å²) in [5.74, 6) is 0.788. The van der Waals surface area contributed by atoms with E-state index in [1.807, 2.05) is 36.5 Å². The molecule has 2 aliphatic rings. The molecule has 0 radical (unpaired) electrons. The number of guanidine groups is 1. The molecule has 2 aliphatic heterocycles. The van der Waals surface area contributed by atoms with Gasteiger partial charge in [-0.3, -0.25) is 0 Å². The molecule has 4 nitrogen and oxygen atoms in total. The molecule has 5 rings (SSSR count). The van der Waals surface area contributed by atoms with Crippen LogP contribution in [0.3, 0.4) is 0 Å². The van der Waals surface area contributed by atoms with Gasteiger partial charge in [-0.1, -0.05) is 66.7 Å². The van der Waals surface area contributed by atoms with Crippen LogP contribution in [0, 0.1) is 0 Å². The van der Waals surface area contributed by atoms with Crippen molar-refractivity contribution < 1.29 is 0 Å². The summed E-state index contributed by atoms with van der Waals surface area (Å²) >= 11 is 0. The third kappa shape index (κ3) is 3.87. The van der Waals surface area contributed by atoms with E-state index in [0.29, 0.717) is 0 Å². The average Bonchev–Trinajstić information content (AvgIpc) is 2.78.